The van der Waals surface area contributed by atoms with Crippen LogP contribution in [0.1, 0.15) is 37.2 Å². The van der Waals surface area contributed by atoms with Gasteiger partial charge in [0.1, 0.15) is 11.4 Å². The predicted octanol–water partition coefficient (Wildman–Crippen LogP) is 4.01. The number of nitrogens with one attached hydrogen (secondary N) is 2. The van der Waals surface area contributed by atoms with E-state index in [1.54, 1.807) is 32.3 Å². The first-order valence-corrected chi connectivity index (χ1v) is 9.83. The summed E-state index contributed by atoms with van der Waals surface area (Å²) < 4.78 is 20.9. The lowest BCUT2D eigenvalue weighted by molar-refractivity contribution is -0.0811. The number of carbonyl (C=O) groups is 1. The number of hydroxylamine groups is 1. The Morgan fingerprint density at radius 1 is 1.54 bits per heavy atom. The second-order valence-electron chi connectivity index (χ2n) is 7.00. The molecule has 0 aliphatic heterocycles. The molecule has 2 aromatic rings. The molecule has 7 nitrogen and oxygen atoms in total. The summed E-state index contributed by atoms with van der Waals surface area (Å²) in [7, 11) is 0. The molecule has 1 aliphatic rings. The van der Waals surface area contributed by atoms with Crippen molar-refractivity contribution in [2.45, 2.75) is 38.3 Å². The van der Waals surface area contributed by atoms with Crippen molar-refractivity contribution >= 4 is 45.2 Å². The number of halogens is 2. The van der Waals surface area contributed by atoms with Gasteiger partial charge in [-0.15, -0.1) is 0 Å². The van der Waals surface area contributed by atoms with Crippen LogP contribution in [-0.4, -0.2) is 34.2 Å². The number of hydrogen-bond donors (Lipinski definition) is 3. The molecule has 2 aromatic heterocycles. The number of nitrogens with zero attached hydrogens (tertiary/aromatic N) is 1. The number of furan rings is 1. The van der Waals surface area contributed by atoms with Crippen LogP contribution >= 0.6 is 22.6 Å². The molecule has 1 aliphatic carbocycles. The first kappa shape index (κ1) is 20.7. The van der Waals surface area contributed by atoms with Gasteiger partial charge < -0.3 is 14.8 Å². The lowest BCUT2D eigenvalue weighted by Crippen LogP contribution is -2.36. The Labute approximate surface area is 175 Å². The first-order valence-electron chi connectivity index (χ1n) is 8.76. The Kier molecular flexibility index (Phi) is 6.36. The van der Waals surface area contributed by atoms with E-state index in [-0.39, 0.29) is 18.2 Å². The second-order valence-corrected chi connectivity index (χ2v) is 8.24. The number of hydrogen-bond acceptors (Lipinski definition) is 6. The molecule has 3 N–H and O–H groups in total. The Morgan fingerprint density at radius 3 is 3.04 bits per heavy atom. The monoisotopic (exact) mass is 501 g/mol. The quantitative estimate of drug-likeness (QED) is 0.392. The zero-order valence-electron chi connectivity index (χ0n) is 15.5. The molecule has 28 heavy (non-hydrogen) atoms. The van der Waals surface area contributed by atoms with Crippen molar-refractivity contribution in [2.75, 3.05) is 11.9 Å². The van der Waals surface area contributed by atoms with Crippen LogP contribution in [-0.2, 0) is 4.84 Å². The first-order chi connectivity index (χ1) is 13.3. The average Bonchev–Trinajstić information content (AvgIpc) is 3.01. The van der Waals surface area contributed by atoms with Crippen LogP contribution in [0.3, 0.4) is 0 Å². The Bertz CT molecular complexity index is 938. The standard InChI is InChI=1S/C19H21FIN3O4/c1-19(2,6-8-25)28-24-18(26)17-16(12-10-22-7-5-15(12)27-17)23-14-4-3-11(21)9-13(14)20/h3,5,7,9-10,14,23,25H,4,6,8H2,1-2H3,(H,24,26). The Hall–Kier alpha value is -1.98. The Balaban J connectivity index is 1.87. The van der Waals surface area contributed by atoms with Gasteiger partial charge in [0.05, 0.1) is 22.7 Å². The maximum Gasteiger partial charge on any atom is 0.312 e. The van der Waals surface area contributed by atoms with Crippen molar-refractivity contribution < 1.29 is 23.5 Å². The maximum absolute atomic E-state index is 14.4. The summed E-state index contributed by atoms with van der Waals surface area (Å²) in [5.41, 5.74) is 2.39. The molecule has 0 fully saturated rings. The van der Waals surface area contributed by atoms with E-state index in [0.29, 0.717) is 29.5 Å². The molecule has 3 rings (SSSR count). The van der Waals surface area contributed by atoms with E-state index in [2.05, 4.69) is 38.4 Å². The number of rotatable bonds is 7. The number of allylic oxidation sites excluding steroid dienone is 2. The second kappa shape index (κ2) is 8.58. The molecular weight excluding hydrogens is 480 g/mol. The Morgan fingerprint density at radius 2 is 2.32 bits per heavy atom. The lowest BCUT2D eigenvalue weighted by atomic mass is 10.1. The summed E-state index contributed by atoms with van der Waals surface area (Å²) in [5.74, 6) is -0.966. The van der Waals surface area contributed by atoms with Crippen LogP contribution in [0.5, 0.6) is 0 Å². The van der Waals surface area contributed by atoms with E-state index in [0.717, 1.165) is 3.58 Å². The minimum atomic E-state index is -0.759. The number of aliphatic hydroxyl groups excluding tert-OH is 1. The fraction of sp³-hybridized carbons (Fsp3) is 0.368. The summed E-state index contributed by atoms with van der Waals surface area (Å²) in [6, 6.07) is 1.02. The molecule has 150 valence electrons. The zero-order chi connectivity index (χ0) is 20.3. The number of fused-ring (bicyclic) bond motifs is 1. The molecule has 0 saturated heterocycles. The normalized spacial score (nSPS) is 17.2. The molecule has 0 radical (unpaired) electrons. The van der Waals surface area contributed by atoms with Gasteiger partial charge in [-0.3, -0.25) is 14.6 Å². The molecule has 1 unspecified atom stereocenters. The van der Waals surface area contributed by atoms with Crippen molar-refractivity contribution in [3.05, 3.63) is 45.8 Å². The highest BCUT2D eigenvalue weighted by atomic mass is 127. The van der Waals surface area contributed by atoms with E-state index in [4.69, 9.17) is 14.4 Å². The molecule has 0 bridgehead atoms. The predicted molar refractivity (Wildman–Crippen MR) is 112 cm³/mol. The number of amides is 1. The van der Waals surface area contributed by atoms with Crippen molar-refractivity contribution in [3.63, 3.8) is 0 Å². The molecule has 0 spiro atoms. The fourth-order valence-electron chi connectivity index (χ4n) is 2.73. The highest BCUT2D eigenvalue weighted by Crippen LogP contribution is 2.34. The van der Waals surface area contributed by atoms with Crippen LogP contribution in [0.15, 0.2) is 44.4 Å². The van der Waals surface area contributed by atoms with Gasteiger partial charge >= 0.3 is 5.91 Å². The molecular formula is C19H21FIN3O4. The topological polar surface area (TPSA) is 96.6 Å². The van der Waals surface area contributed by atoms with E-state index in [1.807, 2.05) is 6.08 Å². The highest BCUT2D eigenvalue weighted by molar-refractivity contribution is 14.1. The highest BCUT2D eigenvalue weighted by Gasteiger charge is 2.27. The van der Waals surface area contributed by atoms with Gasteiger partial charge in [-0.2, -0.15) is 0 Å². The van der Waals surface area contributed by atoms with Crippen molar-refractivity contribution in [3.8, 4) is 0 Å². The molecule has 0 saturated carbocycles. The fourth-order valence-corrected chi connectivity index (χ4v) is 3.28. The smallest absolute Gasteiger partial charge is 0.312 e. The molecule has 0 aromatic carbocycles. The zero-order valence-corrected chi connectivity index (χ0v) is 17.6. The van der Waals surface area contributed by atoms with Gasteiger partial charge in [0, 0.05) is 29.0 Å². The van der Waals surface area contributed by atoms with Gasteiger partial charge in [0.15, 0.2) is 0 Å². The van der Waals surface area contributed by atoms with Gasteiger partial charge in [0.2, 0.25) is 5.76 Å². The number of pyridine rings is 1. The average molecular weight is 501 g/mol. The number of anilines is 1. The third kappa shape index (κ3) is 4.70. The summed E-state index contributed by atoms with van der Waals surface area (Å²) in [6.07, 6.45) is 7.23. The minimum absolute atomic E-state index is 0.0279. The van der Waals surface area contributed by atoms with Crippen LogP contribution < -0.4 is 10.8 Å². The van der Waals surface area contributed by atoms with Gasteiger partial charge in [0.25, 0.3) is 0 Å². The van der Waals surface area contributed by atoms with Crippen molar-refractivity contribution in [1.82, 2.24) is 10.5 Å². The molecule has 1 atom stereocenters. The summed E-state index contributed by atoms with van der Waals surface area (Å²) in [6.45, 7) is 3.40. The SMILES string of the molecule is CC(C)(CCO)ONC(=O)c1oc2ccncc2c1NC1CC=C(I)C=C1F. The van der Waals surface area contributed by atoms with Crippen LogP contribution in [0.25, 0.3) is 11.0 Å². The molecule has 1 amide bonds. The van der Waals surface area contributed by atoms with Gasteiger partial charge in [-0.25, -0.2) is 9.87 Å². The van der Waals surface area contributed by atoms with Crippen molar-refractivity contribution in [1.29, 1.82) is 0 Å². The van der Waals surface area contributed by atoms with Crippen molar-refractivity contribution in [2.24, 2.45) is 0 Å². The van der Waals surface area contributed by atoms with E-state index in [1.165, 1.54) is 6.08 Å². The minimum Gasteiger partial charge on any atom is -0.448 e. The third-order valence-electron chi connectivity index (χ3n) is 4.31. The summed E-state index contributed by atoms with van der Waals surface area (Å²) in [5, 5.41) is 12.7. The van der Waals surface area contributed by atoms with E-state index < -0.39 is 17.6 Å². The number of carbonyl (C=O) groups excluding carboxylic acids is 1. The lowest BCUT2D eigenvalue weighted by Gasteiger charge is -2.23. The largest absolute Gasteiger partial charge is 0.448 e. The van der Waals surface area contributed by atoms with Gasteiger partial charge in [-0.05, 0) is 55.0 Å². The summed E-state index contributed by atoms with van der Waals surface area (Å²) in [4.78, 5) is 22.2. The van der Waals surface area contributed by atoms with Crippen LogP contribution in [0, 0.1) is 0 Å². The maximum atomic E-state index is 14.4. The summed E-state index contributed by atoms with van der Waals surface area (Å²) >= 11 is 2.06. The van der Waals surface area contributed by atoms with E-state index in [9.17, 15) is 9.18 Å². The van der Waals surface area contributed by atoms with Crippen LogP contribution in [0.4, 0.5) is 10.1 Å². The molecule has 2 heterocycles. The van der Waals surface area contributed by atoms with E-state index >= 15 is 0 Å². The number of aromatic nitrogens is 1. The van der Waals surface area contributed by atoms with Crippen LogP contribution in [0.2, 0.25) is 0 Å². The molecule has 9 heteroatoms. The van der Waals surface area contributed by atoms with Gasteiger partial charge in [-0.1, -0.05) is 6.08 Å². The number of aliphatic hydroxyl groups is 1. The third-order valence-corrected chi connectivity index (χ3v) is 5.06.